The first kappa shape index (κ1) is 27.0. The Morgan fingerprint density at radius 1 is 1.19 bits per heavy atom. The van der Waals surface area contributed by atoms with Gasteiger partial charge >= 0.3 is 0 Å². The SMILES string of the molecule is CN(C)CCN1CCC(CNC(=O)[C@@H]2C[C@@H](O)CN2C(=O)[C@@H](n2cc(C3CC3)nn2)C(C)(C)C)CC1. The summed E-state index contributed by atoms with van der Waals surface area (Å²) in [6.07, 6.45) is 5.80. The highest BCUT2D eigenvalue weighted by Gasteiger charge is 2.45. The van der Waals surface area contributed by atoms with Crippen LogP contribution in [0.15, 0.2) is 6.20 Å². The van der Waals surface area contributed by atoms with E-state index in [1.54, 1.807) is 9.58 Å². The summed E-state index contributed by atoms with van der Waals surface area (Å²) in [6.45, 7) is 11.0. The van der Waals surface area contributed by atoms with Gasteiger partial charge in [-0.2, -0.15) is 0 Å². The molecule has 0 unspecified atom stereocenters. The van der Waals surface area contributed by atoms with Crippen LogP contribution in [0.25, 0.3) is 0 Å². The maximum absolute atomic E-state index is 13.8. The molecule has 202 valence electrons. The molecule has 2 N–H and O–H groups in total. The third kappa shape index (κ3) is 6.63. The smallest absolute Gasteiger partial charge is 0.248 e. The number of likely N-dealkylation sites (N-methyl/N-ethyl adjacent to an activating group) is 1. The average molecular weight is 504 g/mol. The quantitative estimate of drug-likeness (QED) is 0.520. The number of aromatic nitrogens is 3. The molecule has 0 aromatic carbocycles. The van der Waals surface area contributed by atoms with Crippen LogP contribution in [0.4, 0.5) is 0 Å². The molecule has 10 heteroatoms. The van der Waals surface area contributed by atoms with E-state index >= 15 is 0 Å². The summed E-state index contributed by atoms with van der Waals surface area (Å²) in [4.78, 5) is 33.3. The summed E-state index contributed by atoms with van der Waals surface area (Å²) < 4.78 is 1.67. The summed E-state index contributed by atoms with van der Waals surface area (Å²) in [6, 6.07) is -1.26. The van der Waals surface area contributed by atoms with Gasteiger partial charge in [0.1, 0.15) is 12.1 Å². The minimum absolute atomic E-state index is 0.165. The lowest BCUT2D eigenvalue weighted by molar-refractivity contribution is -0.144. The van der Waals surface area contributed by atoms with E-state index < -0.39 is 23.6 Å². The summed E-state index contributed by atoms with van der Waals surface area (Å²) in [5.74, 6) is 0.542. The van der Waals surface area contributed by atoms with Crippen molar-refractivity contribution in [2.24, 2.45) is 11.3 Å². The van der Waals surface area contributed by atoms with Gasteiger partial charge in [0.25, 0.3) is 0 Å². The van der Waals surface area contributed by atoms with Gasteiger partial charge in [-0.1, -0.05) is 26.0 Å². The van der Waals surface area contributed by atoms with Crippen molar-refractivity contribution in [3.8, 4) is 0 Å². The van der Waals surface area contributed by atoms with Gasteiger partial charge in [0.2, 0.25) is 11.8 Å². The second-order valence-electron chi connectivity index (χ2n) is 12.4. The zero-order valence-electron chi connectivity index (χ0n) is 22.7. The number of piperidine rings is 1. The van der Waals surface area contributed by atoms with Gasteiger partial charge in [-0.15, -0.1) is 5.10 Å². The molecule has 36 heavy (non-hydrogen) atoms. The Morgan fingerprint density at radius 3 is 2.50 bits per heavy atom. The number of nitrogens with zero attached hydrogens (tertiary/aromatic N) is 6. The van der Waals surface area contributed by atoms with E-state index in [-0.39, 0.29) is 24.8 Å². The van der Waals surface area contributed by atoms with Crippen molar-refractivity contribution in [1.29, 1.82) is 0 Å². The van der Waals surface area contributed by atoms with Crippen LogP contribution in [0, 0.1) is 11.3 Å². The van der Waals surface area contributed by atoms with E-state index in [0.29, 0.717) is 18.4 Å². The van der Waals surface area contributed by atoms with Crippen molar-refractivity contribution in [3.63, 3.8) is 0 Å². The van der Waals surface area contributed by atoms with Crippen molar-refractivity contribution >= 4 is 11.8 Å². The van der Waals surface area contributed by atoms with Gasteiger partial charge in [0.05, 0.1) is 11.8 Å². The highest BCUT2D eigenvalue weighted by atomic mass is 16.3. The summed E-state index contributed by atoms with van der Waals surface area (Å²) in [5.41, 5.74) is 0.501. The van der Waals surface area contributed by atoms with E-state index in [4.69, 9.17) is 0 Å². The molecule has 2 aliphatic heterocycles. The van der Waals surface area contributed by atoms with Crippen LogP contribution in [-0.4, -0.2) is 112 Å². The van der Waals surface area contributed by atoms with Gasteiger partial charge in [0, 0.05) is 44.7 Å². The van der Waals surface area contributed by atoms with Crippen molar-refractivity contribution < 1.29 is 14.7 Å². The Bertz CT molecular complexity index is 900. The number of carbonyl (C=O) groups excluding carboxylic acids is 2. The van der Waals surface area contributed by atoms with Crippen LogP contribution in [-0.2, 0) is 9.59 Å². The van der Waals surface area contributed by atoms with E-state index in [1.165, 1.54) is 0 Å². The van der Waals surface area contributed by atoms with Crippen molar-refractivity contribution in [2.75, 3.05) is 53.4 Å². The standard InChI is InChI=1S/C26H45N7O3/c1-26(2,3)23(33-17-21(28-29-33)19-6-7-19)25(36)32-16-20(34)14-22(32)24(35)27-15-18-8-10-31(11-9-18)13-12-30(4)5/h17-20,22-23,34H,6-16H2,1-5H3,(H,27,35)/t20-,22+,23-/m1/s1. The summed E-state index contributed by atoms with van der Waals surface area (Å²) in [5, 5.41) is 22.1. The first-order chi connectivity index (χ1) is 17.0. The lowest BCUT2D eigenvalue weighted by Crippen LogP contribution is -2.51. The van der Waals surface area contributed by atoms with Crippen molar-refractivity contribution in [3.05, 3.63) is 11.9 Å². The van der Waals surface area contributed by atoms with Crippen LogP contribution in [0.3, 0.4) is 0 Å². The fourth-order valence-corrected chi connectivity index (χ4v) is 5.44. The van der Waals surface area contributed by atoms with E-state index in [0.717, 1.165) is 57.6 Å². The lowest BCUT2D eigenvalue weighted by atomic mass is 9.85. The molecule has 10 nitrogen and oxygen atoms in total. The number of nitrogens with one attached hydrogen (secondary N) is 1. The number of aliphatic hydroxyl groups excluding tert-OH is 1. The fourth-order valence-electron chi connectivity index (χ4n) is 5.44. The molecule has 1 aromatic heterocycles. The topological polar surface area (TPSA) is 107 Å². The molecule has 2 amide bonds. The lowest BCUT2D eigenvalue weighted by Gasteiger charge is -2.35. The van der Waals surface area contributed by atoms with E-state index in [1.807, 2.05) is 27.0 Å². The Labute approximate surface area is 215 Å². The second-order valence-corrected chi connectivity index (χ2v) is 12.4. The van der Waals surface area contributed by atoms with Gasteiger partial charge < -0.3 is 25.1 Å². The fraction of sp³-hybridized carbons (Fsp3) is 0.846. The first-order valence-electron chi connectivity index (χ1n) is 13.6. The minimum atomic E-state index is -0.706. The van der Waals surface area contributed by atoms with Gasteiger partial charge in [-0.3, -0.25) is 9.59 Å². The maximum atomic E-state index is 13.8. The molecule has 4 rings (SSSR count). The molecule has 3 fully saturated rings. The molecule has 3 aliphatic rings. The van der Waals surface area contributed by atoms with Crippen molar-refractivity contribution in [1.82, 2.24) is 35.0 Å². The number of likely N-dealkylation sites (tertiary alicyclic amines) is 2. The molecule has 1 aromatic rings. The van der Waals surface area contributed by atoms with Gasteiger partial charge in [-0.05, 0) is 64.2 Å². The van der Waals surface area contributed by atoms with Crippen LogP contribution >= 0.6 is 0 Å². The molecule has 3 atom stereocenters. The number of hydrogen-bond donors (Lipinski definition) is 2. The van der Waals surface area contributed by atoms with E-state index in [2.05, 4.69) is 39.5 Å². The van der Waals surface area contributed by atoms with Crippen LogP contribution in [0.2, 0.25) is 0 Å². The first-order valence-corrected chi connectivity index (χ1v) is 13.6. The Morgan fingerprint density at radius 2 is 1.89 bits per heavy atom. The number of rotatable bonds is 9. The largest absolute Gasteiger partial charge is 0.391 e. The second kappa shape index (κ2) is 11.1. The molecule has 0 radical (unpaired) electrons. The third-order valence-corrected chi connectivity index (χ3v) is 7.84. The molecule has 1 aliphatic carbocycles. The molecule has 0 spiro atoms. The molecular formula is C26H45N7O3. The molecule has 2 saturated heterocycles. The zero-order valence-corrected chi connectivity index (χ0v) is 22.7. The number of β-amino-alcohol motifs (C(OH)–C–C–N with tert-alkyl or cyclic N) is 1. The van der Waals surface area contributed by atoms with Gasteiger partial charge in [-0.25, -0.2) is 4.68 Å². The summed E-state index contributed by atoms with van der Waals surface area (Å²) in [7, 11) is 4.19. The molecule has 3 heterocycles. The monoisotopic (exact) mass is 503 g/mol. The predicted molar refractivity (Wildman–Crippen MR) is 137 cm³/mol. The maximum Gasteiger partial charge on any atom is 0.248 e. The van der Waals surface area contributed by atoms with Crippen molar-refractivity contribution in [2.45, 2.75) is 77.0 Å². The Kier molecular flexibility index (Phi) is 8.36. The predicted octanol–water partition coefficient (Wildman–Crippen LogP) is 1.09. The zero-order chi connectivity index (χ0) is 26.0. The van der Waals surface area contributed by atoms with Gasteiger partial charge in [0.15, 0.2) is 0 Å². The van der Waals surface area contributed by atoms with E-state index in [9.17, 15) is 14.7 Å². The average Bonchev–Trinajstić information content (AvgIpc) is 3.43. The number of hydrogen-bond acceptors (Lipinski definition) is 7. The number of amides is 2. The Hall–Kier alpha value is -2.04. The number of aliphatic hydroxyl groups is 1. The van der Waals surface area contributed by atoms with Crippen LogP contribution in [0.1, 0.15) is 70.5 Å². The normalized spacial score (nSPS) is 24.9. The highest BCUT2D eigenvalue weighted by molar-refractivity contribution is 5.90. The van der Waals surface area contributed by atoms with Crippen LogP contribution in [0.5, 0.6) is 0 Å². The third-order valence-electron chi connectivity index (χ3n) is 7.84. The molecular weight excluding hydrogens is 458 g/mol. The molecule has 0 bridgehead atoms. The summed E-state index contributed by atoms with van der Waals surface area (Å²) >= 11 is 0. The number of carbonyl (C=O) groups is 2. The Balaban J connectivity index is 1.36. The molecule has 1 saturated carbocycles. The highest BCUT2D eigenvalue weighted by Crippen LogP contribution is 2.40. The minimum Gasteiger partial charge on any atom is -0.391 e. The van der Waals surface area contributed by atoms with Crippen LogP contribution < -0.4 is 5.32 Å².